The van der Waals surface area contributed by atoms with Crippen molar-refractivity contribution in [1.82, 2.24) is 0 Å². The zero-order valence-electron chi connectivity index (χ0n) is 16.1. The fourth-order valence-corrected chi connectivity index (χ4v) is 8.63. The second-order valence-corrected chi connectivity index (χ2v) is 10.3. The van der Waals surface area contributed by atoms with Gasteiger partial charge in [-0.1, -0.05) is 6.92 Å². The van der Waals surface area contributed by atoms with Gasteiger partial charge < -0.3 is 25.2 Å². The summed E-state index contributed by atoms with van der Waals surface area (Å²) in [5.41, 5.74) is -2.50. The number of carbonyl (C=O) groups excluding carboxylic acids is 1. The molecule has 27 heavy (non-hydrogen) atoms. The van der Waals surface area contributed by atoms with Crippen molar-refractivity contribution in [3.8, 4) is 0 Å². The fraction of sp³-hybridized carbons (Fsp3) is 0.952. The first kappa shape index (κ1) is 18.5. The van der Waals surface area contributed by atoms with Crippen molar-refractivity contribution in [3.05, 3.63) is 0 Å². The van der Waals surface area contributed by atoms with E-state index in [9.17, 15) is 25.2 Å². The van der Waals surface area contributed by atoms with Gasteiger partial charge in [0.1, 0.15) is 6.61 Å². The summed E-state index contributed by atoms with van der Waals surface area (Å²) in [4.78, 5) is 12.4. The van der Waals surface area contributed by atoms with E-state index in [4.69, 9.17) is 4.74 Å². The van der Waals surface area contributed by atoms with Crippen LogP contribution >= 0.6 is 0 Å². The maximum Gasteiger partial charge on any atom is 0.164 e. The van der Waals surface area contributed by atoms with Crippen molar-refractivity contribution in [2.24, 2.45) is 28.6 Å². The lowest BCUT2D eigenvalue weighted by atomic mass is 9.42. The van der Waals surface area contributed by atoms with Gasteiger partial charge >= 0.3 is 0 Å². The van der Waals surface area contributed by atoms with Crippen molar-refractivity contribution in [3.63, 3.8) is 0 Å². The normalized spacial score (nSPS) is 59.1. The molecule has 1 heterocycles. The Morgan fingerprint density at radius 1 is 1.04 bits per heavy atom. The van der Waals surface area contributed by atoms with Crippen LogP contribution in [0.15, 0.2) is 0 Å². The Morgan fingerprint density at radius 3 is 2.56 bits per heavy atom. The number of hydrogen-bond donors (Lipinski definition) is 4. The number of hydrogen-bond acceptors (Lipinski definition) is 6. The van der Waals surface area contributed by atoms with Crippen LogP contribution < -0.4 is 0 Å². The van der Waals surface area contributed by atoms with Crippen molar-refractivity contribution < 1.29 is 30.0 Å². The quantitative estimate of drug-likeness (QED) is 0.572. The highest BCUT2D eigenvalue weighted by Gasteiger charge is 2.79. The third kappa shape index (κ3) is 1.97. The predicted octanol–water partition coefficient (Wildman–Crippen LogP) is 1.13. The fourth-order valence-electron chi connectivity index (χ4n) is 8.63. The van der Waals surface area contributed by atoms with E-state index in [1.807, 2.05) is 0 Å². The SMILES string of the molecule is C[C@@]12CC[C@@H]3[C@]4(CC[C@@]5(O)C[C@@H](O)CC[C@@]35[C@H](O)O4)[C@H]1CC[C@H]2C(=O)CO. The largest absolute Gasteiger partial charge is 0.393 e. The molecule has 9 atom stereocenters. The molecule has 1 saturated heterocycles. The molecular weight excluding hydrogens is 348 g/mol. The standard InChI is InChI=1S/C21H32O6/c1-18-6-5-16-20-7-4-12(23)10-19(20,26)8-9-21(16,27-17(20)25)15(18)3-2-13(18)14(24)11-22/h12-13,15-17,22-23,25-26H,2-11H2,1H3/t12-,13-,15-,16-,17+,18-,19+,20-,21-/m0/s1. The first-order valence-corrected chi connectivity index (χ1v) is 10.6. The minimum Gasteiger partial charge on any atom is -0.393 e. The predicted molar refractivity (Wildman–Crippen MR) is 95.4 cm³/mol. The smallest absolute Gasteiger partial charge is 0.164 e. The molecule has 1 spiro atoms. The van der Waals surface area contributed by atoms with Gasteiger partial charge in [-0.25, -0.2) is 0 Å². The molecular formula is C21H32O6. The Bertz CT molecular complexity index is 667. The van der Waals surface area contributed by atoms with Gasteiger partial charge in [0.25, 0.3) is 0 Å². The van der Waals surface area contributed by atoms with Crippen molar-refractivity contribution in [2.75, 3.05) is 6.61 Å². The van der Waals surface area contributed by atoms with Gasteiger partial charge in [0.2, 0.25) is 0 Å². The Labute approximate surface area is 159 Å². The van der Waals surface area contributed by atoms with Crippen LogP contribution in [-0.4, -0.2) is 56.4 Å². The Kier molecular flexibility index (Phi) is 3.79. The second kappa shape index (κ2) is 5.54. The molecule has 5 rings (SSSR count). The number of ketones is 1. The molecule has 6 nitrogen and oxygen atoms in total. The highest BCUT2D eigenvalue weighted by atomic mass is 16.6. The summed E-state index contributed by atoms with van der Waals surface area (Å²) in [6, 6.07) is 0. The highest BCUT2D eigenvalue weighted by molar-refractivity contribution is 5.83. The van der Waals surface area contributed by atoms with E-state index in [-0.39, 0.29) is 29.0 Å². The number of Topliss-reactive ketones (excluding diaryl/α,β-unsaturated/α-hetero) is 1. The molecule has 4 aliphatic carbocycles. The average Bonchev–Trinajstić information content (AvgIpc) is 3.07. The monoisotopic (exact) mass is 380 g/mol. The molecule has 4 N–H and O–H groups in total. The van der Waals surface area contributed by atoms with Gasteiger partial charge in [-0.15, -0.1) is 0 Å². The first-order chi connectivity index (χ1) is 12.7. The van der Waals surface area contributed by atoms with Crippen LogP contribution in [0.4, 0.5) is 0 Å². The lowest BCUT2D eigenvalue weighted by Crippen LogP contribution is -2.67. The minimum atomic E-state index is -1.08. The summed E-state index contributed by atoms with van der Waals surface area (Å²) in [5.74, 6) is 0.00676. The van der Waals surface area contributed by atoms with E-state index in [0.717, 1.165) is 25.7 Å². The summed E-state index contributed by atoms with van der Waals surface area (Å²) in [5, 5.41) is 42.3. The summed E-state index contributed by atoms with van der Waals surface area (Å²) in [6.45, 7) is 1.76. The van der Waals surface area contributed by atoms with Crippen molar-refractivity contribution >= 4 is 5.78 Å². The molecule has 0 radical (unpaired) electrons. The lowest BCUT2D eigenvalue weighted by molar-refractivity contribution is -0.231. The summed E-state index contributed by atoms with van der Waals surface area (Å²) >= 11 is 0. The molecule has 4 saturated carbocycles. The molecule has 152 valence electrons. The summed E-state index contributed by atoms with van der Waals surface area (Å²) < 4.78 is 6.42. The average molecular weight is 380 g/mol. The Morgan fingerprint density at radius 2 is 1.81 bits per heavy atom. The van der Waals surface area contributed by atoms with Crippen LogP contribution in [-0.2, 0) is 9.53 Å². The molecule has 0 aromatic carbocycles. The number of rotatable bonds is 2. The Hall–Kier alpha value is -0.530. The van der Waals surface area contributed by atoms with Crippen LogP contribution in [0.5, 0.6) is 0 Å². The number of carbonyl (C=O) groups is 1. The third-order valence-corrected chi connectivity index (χ3v) is 9.69. The molecule has 2 bridgehead atoms. The maximum atomic E-state index is 12.4. The molecule has 0 amide bonds. The number of aliphatic hydroxyl groups is 4. The van der Waals surface area contributed by atoms with Gasteiger partial charge in [0, 0.05) is 18.3 Å². The van der Waals surface area contributed by atoms with Gasteiger partial charge in [0.15, 0.2) is 12.1 Å². The van der Waals surface area contributed by atoms with E-state index in [2.05, 4.69) is 6.92 Å². The third-order valence-electron chi connectivity index (χ3n) is 9.69. The van der Waals surface area contributed by atoms with E-state index in [0.29, 0.717) is 32.1 Å². The molecule has 0 unspecified atom stereocenters. The second-order valence-electron chi connectivity index (χ2n) is 10.3. The molecule has 0 aromatic heterocycles. The number of ether oxygens (including phenoxy) is 1. The van der Waals surface area contributed by atoms with E-state index in [1.54, 1.807) is 0 Å². The lowest BCUT2D eigenvalue weighted by Gasteiger charge is -2.62. The van der Waals surface area contributed by atoms with Gasteiger partial charge in [-0.2, -0.15) is 0 Å². The van der Waals surface area contributed by atoms with E-state index < -0.39 is 35.6 Å². The van der Waals surface area contributed by atoms with Crippen molar-refractivity contribution in [2.45, 2.75) is 88.3 Å². The highest BCUT2D eigenvalue weighted by Crippen LogP contribution is 2.75. The van der Waals surface area contributed by atoms with E-state index in [1.165, 1.54) is 0 Å². The van der Waals surface area contributed by atoms with E-state index >= 15 is 0 Å². The van der Waals surface area contributed by atoms with Crippen LogP contribution in [0.25, 0.3) is 0 Å². The molecule has 5 fully saturated rings. The van der Waals surface area contributed by atoms with Gasteiger partial charge in [0.05, 0.1) is 22.7 Å². The van der Waals surface area contributed by atoms with Crippen LogP contribution in [0.2, 0.25) is 0 Å². The molecule has 5 aliphatic rings. The van der Waals surface area contributed by atoms with Crippen LogP contribution in [0.3, 0.4) is 0 Å². The summed E-state index contributed by atoms with van der Waals surface area (Å²) in [7, 11) is 0. The minimum absolute atomic E-state index is 0.0623. The van der Waals surface area contributed by atoms with Crippen LogP contribution in [0.1, 0.15) is 64.7 Å². The summed E-state index contributed by atoms with van der Waals surface area (Å²) in [6.07, 6.45) is 4.46. The maximum absolute atomic E-state index is 12.4. The molecule has 0 aromatic rings. The van der Waals surface area contributed by atoms with Gasteiger partial charge in [-0.05, 0) is 62.7 Å². The molecule has 1 aliphatic heterocycles. The van der Waals surface area contributed by atoms with Crippen LogP contribution in [0, 0.1) is 28.6 Å². The zero-order chi connectivity index (χ0) is 19.2. The zero-order valence-corrected chi connectivity index (χ0v) is 16.1. The first-order valence-electron chi connectivity index (χ1n) is 10.6. The number of aliphatic hydroxyl groups excluding tert-OH is 3. The molecule has 6 heteroatoms. The van der Waals surface area contributed by atoms with Gasteiger partial charge in [-0.3, -0.25) is 4.79 Å². The number of fused-ring (bicyclic) bond motifs is 1. The van der Waals surface area contributed by atoms with Crippen molar-refractivity contribution in [1.29, 1.82) is 0 Å². The Balaban J connectivity index is 1.57. The topological polar surface area (TPSA) is 107 Å².